The van der Waals surface area contributed by atoms with Crippen molar-refractivity contribution in [2.24, 2.45) is 0 Å². The van der Waals surface area contributed by atoms with Gasteiger partial charge in [-0.05, 0) is 66.9 Å². The zero-order chi connectivity index (χ0) is 22.3. The maximum Gasteiger partial charge on any atom is 0.255 e. The van der Waals surface area contributed by atoms with Crippen LogP contribution in [0, 0.1) is 6.92 Å². The zero-order valence-electron chi connectivity index (χ0n) is 17.8. The van der Waals surface area contributed by atoms with Crippen molar-refractivity contribution in [2.75, 3.05) is 11.9 Å². The van der Waals surface area contributed by atoms with E-state index in [2.05, 4.69) is 12.2 Å². The Morgan fingerprint density at radius 3 is 2.45 bits per heavy atom. The van der Waals surface area contributed by atoms with Gasteiger partial charge in [-0.1, -0.05) is 43.7 Å². The minimum atomic E-state index is -3.48. The summed E-state index contributed by atoms with van der Waals surface area (Å²) in [5.41, 5.74) is 2.55. The van der Waals surface area contributed by atoms with Crippen molar-refractivity contribution in [1.82, 2.24) is 0 Å². The second kappa shape index (κ2) is 10.3. The van der Waals surface area contributed by atoms with Crippen LogP contribution in [0.3, 0.4) is 0 Å². The molecule has 162 valence electrons. The second-order valence-corrected chi connectivity index (χ2v) is 9.39. The summed E-state index contributed by atoms with van der Waals surface area (Å²) in [7, 11) is -3.48. The van der Waals surface area contributed by atoms with Gasteiger partial charge in [0, 0.05) is 11.3 Å². The predicted molar refractivity (Wildman–Crippen MR) is 123 cm³/mol. The predicted octanol–water partition coefficient (Wildman–Crippen LogP) is 5.40. The summed E-state index contributed by atoms with van der Waals surface area (Å²) in [6.45, 7) is 4.69. The molecule has 0 aliphatic carbocycles. The molecule has 0 fully saturated rings. The van der Waals surface area contributed by atoms with E-state index in [-0.39, 0.29) is 16.6 Å². The number of ether oxygens (including phenoxy) is 1. The van der Waals surface area contributed by atoms with Crippen LogP contribution in [-0.4, -0.2) is 20.9 Å². The van der Waals surface area contributed by atoms with Crippen molar-refractivity contribution in [3.8, 4) is 5.75 Å². The Hall–Kier alpha value is -3.12. The van der Waals surface area contributed by atoms with Crippen LogP contribution in [0.2, 0.25) is 0 Å². The van der Waals surface area contributed by atoms with Gasteiger partial charge in [-0.2, -0.15) is 0 Å². The number of anilines is 1. The number of nitrogens with one attached hydrogen (secondary N) is 1. The molecule has 0 aromatic heterocycles. The summed E-state index contributed by atoms with van der Waals surface area (Å²) in [5.74, 6) is 0.319. The van der Waals surface area contributed by atoms with E-state index in [4.69, 9.17) is 4.74 Å². The summed E-state index contributed by atoms with van der Waals surface area (Å²) in [6, 6.07) is 20.6. The Bertz CT molecular complexity index is 1140. The number of unbranched alkanes of at least 4 members (excludes halogenated alkanes) is 1. The Balaban J connectivity index is 1.70. The fraction of sp³-hybridized carbons (Fsp3) is 0.240. The van der Waals surface area contributed by atoms with Crippen molar-refractivity contribution < 1.29 is 17.9 Å². The molecule has 1 N–H and O–H groups in total. The monoisotopic (exact) mass is 437 g/mol. The summed E-state index contributed by atoms with van der Waals surface area (Å²) in [5, 5.41) is 2.90. The highest BCUT2D eigenvalue weighted by atomic mass is 32.2. The van der Waals surface area contributed by atoms with E-state index < -0.39 is 9.84 Å². The molecular formula is C25H27NO4S. The fourth-order valence-electron chi connectivity index (χ4n) is 3.13. The first-order valence-corrected chi connectivity index (χ1v) is 12.0. The molecule has 0 saturated heterocycles. The quantitative estimate of drug-likeness (QED) is 0.455. The third kappa shape index (κ3) is 6.18. The van der Waals surface area contributed by atoms with Gasteiger partial charge in [-0.3, -0.25) is 4.79 Å². The molecule has 0 spiro atoms. The first-order chi connectivity index (χ1) is 14.9. The van der Waals surface area contributed by atoms with Crippen LogP contribution in [0.5, 0.6) is 5.75 Å². The molecule has 1 amide bonds. The molecule has 5 nitrogen and oxygen atoms in total. The fourth-order valence-corrected chi connectivity index (χ4v) is 4.48. The number of carbonyl (C=O) groups excluding carboxylic acids is 1. The number of hydrogen-bond donors (Lipinski definition) is 1. The lowest BCUT2D eigenvalue weighted by molar-refractivity contribution is 0.102. The highest BCUT2D eigenvalue weighted by molar-refractivity contribution is 7.90. The van der Waals surface area contributed by atoms with Gasteiger partial charge in [-0.15, -0.1) is 0 Å². The first-order valence-electron chi connectivity index (χ1n) is 10.3. The van der Waals surface area contributed by atoms with Crippen LogP contribution < -0.4 is 10.1 Å². The summed E-state index contributed by atoms with van der Waals surface area (Å²) in [6.07, 6.45) is 2.06. The Morgan fingerprint density at radius 2 is 1.74 bits per heavy atom. The molecule has 0 radical (unpaired) electrons. The van der Waals surface area contributed by atoms with Crippen LogP contribution in [0.15, 0.2) is 77.7 Å². The van der Waals surface area contributed by atoms with E-state index in [9.17, 15) is 13.2 Å². The molecule has 0 unspecified atom stereocenters. The Kier molecular flexibility index (Phi) is 7.47. The molecule has 0 aliphatic heterocycles. The van der Waals surface area contributed by atoms with Crippen molar-refractivity contribution in [3.05, 3.63) is 89.5 Å². The van der Waals surface area contributed by atoms with Gasteiger partial charge in [0.15, 0.2) is 9.84 Å². The van der Waals surface area contributed by atoms with Crippen molar-refractivity contribution >= 4 is 21.4 Å². The average Bonchev–Trinajstić information content (AvgIpc) is 2.76. The number of rotatable bonds is 9. The molecule has 3 aromatic carbocycles. The first kappa shape index (κ1) is 22.6. The molecule has 0 aliphatic rings. The molecule has 31 heavy (non-hydrogen) atoms. The molecular weight excluding hydrogens is 410 g/mol. The highest BCUT2D eigenvalue weighted by Gasteiger charge is 2.16. The average molecular weight is 438 g/mol. The number of aryl methyl sites for hydroxylation is 1. The van der Waals surface area contributed by atoms with E-state index in [1.807, 2.05) is 25.1 Å². The largest absolute Gasteiger partial charge is 0.494 e. The number of benzene rings is 3. The third-order valence-corrected chi connectivity index (χ3v) is 6.56. The maximum atomic E-state index is 12.8. The molecule has 0 atom stereocenters. The molecule has 6 heteroatoms. The zero-order valence-corrected chi connectivity index (χ0v) is 18.6. The van der Waals surface area contributed by atoms with Gasteiger partial charge in [0.25, 0.3) is 5.91 Å². The van der Waals surface area contributed by atoms with Gasteiger partial charge in [0.1, 0.15) is 5.75 Å². The van der Waals surface area contributed by atoms with Crippen molar-refractivity contribution in [1.29, 1.82) is 0 Å². The molecule has 3 aromatic rings. The smallest absolute Gasteiger partial charge is 0.255 e. The second-order valence-electron chi connectivity index (χ2n) is 7.41. The number of sulfone groups is 1. The molecule has 0 bridgehead atoms. The Morgan fingerprint density at radius 1 is 0.968 bits per heavy atom. The highest BCUT2D eigenvalue weighted by Crippen LogP contribution is 2.23. The van der Waals surface area contributed by atoms with Crippen LogP contribution in [0.25, 0.3) is 0 Å². The minimum Gasteiger partial charge on any atom is -0.494 e. The lowest BCUT2D eigenvalue weighted by Crippen LogP contribution is -2.13. The third-order valence-electron chi connectivity index (χ3n) is 4.86. The number of hydrogen-bond acceptors (Lipinski definition) is 4. The summed E-state index contributed by atoms with van der Waals surface area (Å²) in [4.78, 5) is 13.0. The van der Waals surface area contributed by atoms with Crippen LogP contribution in [0.1, 0.15) is 41.3 Å². The van der Waals surface area contributed by atoms with Crippen LogP contribution in [0.4, 0.5) is 5.69 Å². The molecule has 0 saturated carbocycles. The Labute approximate surface area is 184 Å². The topological polar surface area (TPSA) is 72.5 Å². The summed E-state index contributed by atoms with van der Waals surface area (Å²) < 4.78 is 31.0. The van der Waals surface area contributed by atoms with Gasteiger partial charge < -0.3 is 10.1 Å². The van der Waals surface area contributed by atoms with Crippen LogP contribution >= 0.6 is 0 Å². The van der Waals surface area contributed by atoms with E-state index in [1.165, 1.54) is 0 Å². The molecule has 0 heterocycles. The van der Waals surface area contributed by atoms with E-state index in [1.54, 1.807) is 54.6 Å². The van der Waals surface area contributed by atoms with Gasteiger partial charge in [0.05, 0.1) is 17.3 Å². The minimum absolute atomic E-state index is 0.166. The normalized spacial score (nSPS) is 11.2. The van der Waals surface area contributed by atoms with Crippen molar-refractivity contribution in [2.45, 2.75) is 37.3 Å². The van der Waals surface area contributed by atoms with Gasteiger partial charge >= 0.3 is 0 Å². The number of carbonyl (C=O) groups is 1. The number of amides is 1. The van der Waals surface area contributed by atoms with E-state index in [0.717, 1.165) is 24.2 Å². The van der Waals surface area contributed by atoms with Crippen molar-refractivity contribution in [3.63, 3.8) is 0 Å². The standard InChI is InChI=1S/C25H27NO4S/c1-3-4-15-30-22-13-14-24(19(2)16-22)26-25(27)21-10-8-9-20(17-21)18-31(28,29)23-11-6-5-7-12-23/h5-14,16-17H,3-4,15,18H2,1-2H3,(H,26,27). The van der Waals surface area contributed by atoms with E-state index >= 15 is 0 Å². The van der Waals surface area contributed by atoms with E-state index in [0.29, 0.717) is 23.4 Å². The lowest BCUT2D eigenvalue weighted by Gasteiger charge is -2.12. The van der Waals surface area contributed by atoms with Gasteiger partial charge in [-0.25, -0.2) is 8.42 Å². The lowest BCUT2D eigenvalue weighted by atomic mass is 10.1. The maximum absolute atomic E-state index is 12.8. The van der Waals surface area contributed by atoms with Gasteiger partial charge in [0.2, 0.25) is 0 Å². The SMILES string of the molecule is CCCCOc1ccc(NC(=O)c2cccc(CS(=O)(=O)c3ccccc3)c2)c(C)c1. The molecule has 3 rings (SSSR count). The van der Waals surface area contributed by atoms with Crippen LogP contribution in [-0.2, 0) is 15.6 Å². The summed E-state index contributed by atoms with van der Waals surface area (Å²) >= 11 is 0.